The van der Waals surface area contributed by atoms with Crippen LogP contribution in [0.4, 0.5) is 5.69 Å². The van der Waals surface area contributed by atoms with Gasteiger partial charge in [0.15, 0.2) is 0 Å². The molecule has 20 heavy (non-hydrogen) atoms. The van der Waals surface area contributed by atoms with E-state index in [2.05, 4.69) is 36.4 Å². The van der Waals surface area contributed by atoms with E-state index in [1.807, 2.05) is 0 Å². The van der Waals surface area contributed by atoms with E-state index >= 15 is 0 Å². The molecule has 2 aromatic rings. The molecule has 0 spiro atoms. The second-order valence-corrected chi connectivity index (χ2v) is 5.50. The molecule has 7 heteroatoms. The third kappa shape index (κ3) is 3.39. The Hall–Kier alpha value is -2.28. The molecule has 0 aliphatic carbocycles. The van der Waals surface area contributed by atoms with Gasteiger partial charge in [-0.25, -0.2) is 4.68 Å². The minimum Gasteiger partial charge on any atom is -0.306 e. The third-order valence-electron chi connectivity index (χ3n) is 2.67. The first-order valence-electron chi connectivity index (χ1n) is 6.27. The molecule has 7 nitrogen and oxygen atoms in total. The molecular formula is C13H17N5O2. The molecule has 0 saturated heterocycles. The molecule has 0 unspecified atom stereocenters. The summed E-state index contributed by atoms with van der Waals surface area (Å²) in [6.45, 7) is 6.72. The van der Waals surface area contributed by atoms with Gasteiger partial charge in [0.05, 0.1) is 16.8 Å². The quantitative estimate of drug-likeness (QED) is 0.682. The van der Waals surface area contributed by atoms with Crippen molar-refractivity contribution in [3.8, 4) is 5.69 Å². The van der Waals surface area contributed by atoms with E-state index in [0.29, 0.717) is 12.2 Å². The number of hydrogen-bond acceptors (Lipinski definition) is 5. The molecule has 1 aromatic heterocycles. The summed E-state index contributed by atoms with van der Waals surface area (Å²) in [6, 6.07) is 6.45. The molecule has 106 valence electrons. The van der Waals surface area contributed by atoms with Crippen LogP contribution in [0.5, 0.6) is 0 Å². The predicted molar refractivity (Wildman–Crippen MR) is 74.6 cm³/mol. The van der Waals surface area contributed by atoms with E-state index in [-0.39, 0.29) is 11.2 Å². The standard InChI is InChI=1S/C13H17N5O2/c1-13(2,3)14-8-10-9-17(16-15-10)11-6-4-5-7-12(11)18(19)20/h4-7,9,14H,8H2,1-3H3. The largest absolute Gasteiger partial charge is 0.306 e. The van der Waals surface area contributed by atoms with Gasteiger partial charge in [0.2, 0.25) is 0 Å². The lowest BCUT2D eigenvalue weighted by atomic mass is 10.1. The maximum Gasteiger partial charge on any atom is 0.294 e. The van der Waals surface area contributed by atoms with Crippen molar-refractivity contribution in [2.24, 2.45) is 0 Å². The highest BCUT2D eigenvalue weighted by molar-refractivity contribution is 5.51. The minimum atomic E-state index is -0.426. The number of nitrogens with zero attached hydrogens (tertiary/aromatic N) is 4. The fourth-order valence-corrected chi connectivity index (χ4v) is 1.67. The first-order valence-corrected chi connectivity index (χ1v) is 6.27. The van der Waals surface area contributed by atoms with Crippen molar-refractivity contribution in [1.29, 1.82) is 0 Å². The SMILES string of the molecule is CC(C)(C)NCc1cn(-c2ccccc2[N+](=O)[O-])nn1. The number of aromatic nitrogens is 3. The Balaban J connectivity index is 2.23. The first kappa shape index (κ1) is 14.1. The summed E-state index contributed by atoms with van der Waals surface area (Å²) in [5.74, 6) is 0. The number of nitro benzene ring substituents is 1. The van der Waals surface area contributed by atoms with Crippen LogP contribution in [0.2, 0.25) is 0 Å². The molecular weight excluding hydrogens is 258 g/mol. The third-order valence-corrected chi connectivity index (χ3v) is 2.67. The van der Waals surface area contributed by atoms with Crippen LogP contribution < -0.4 is 5.32 Å². The predicted octanol–water partition coefficient (Wildman–Crippen LogP) is 2.06. The van der Waals surface area contributed by atoms with Gasteiger partial charge in [-0.15, -0.1) is 5.10 Å². The van der Waals surface area contributed by atoms with Crippen LogP contribution in [-0.4, -0.2) is 25.5 Å². The van der Waals surface area contributed by atoms with Gasteiger partial charge >= 0.3 is 0 Å². The summed E-state index contributed by atoms with van der Waals surface area (Å²) in [4.78, 5) is 10.6. The topological polar surface area (TPSA) is 85.9 Å². The number of nitrogens with one attached hydrogen (secondary N) is 1. The maximum atomic E-state index is 11.0. The zero-order valence-electron chi connectivity index (χ0n) is 11.7. The van der Waals surface area contributed by atoms with Gasteiger partial charge in [-0.2, -0.15) is 0 Å². The second-order valence-electron chi connectivity index (χ2n) is 5.50. The smallest absolute Gasteiger partial charge is 0.294 e. The lowest BCUT2D eigenvalue weighted by Crippen LogP contribution is -2.35. The Morgan fingerprint density at radius 1 is 1.35 bits per heavy atom. The highest BCUT2D eigenvalue weighted by Crippen LogP contribution is 2.21. The molecule has 0 saturated carbocycles. The first-order chi connectivity index (χ1) is 9.37. The molecule has 0 amide bonds. The van der Waals surface area contributed by atoms with Gasteiger partial charge in [-0.3, -0.25) is 10.1 Å². The normalized spacial score (nSPS) is 11.6. The van der Waals surface area contributed by atoms with Crippen molar-refractivity contribution in [3.05, 3.63) is 46.3 Å². The molecule has 1 N–H and O–H groups in total. The summed E-state index contributed by atoms with van der Waals surface area (Å²) in [7, 11) is 0. The number of benzene rings is 1. The molecule has 0 aliphatic heterocycles. The van der Waals surface area contributed by atoms with E-state index in [1.54, 1.807) is 24.4 Å². The van der Waals surface area contributed by atoms with Crippen LogP contribution >= 0.6 is 0 Å². The van der Waals surface area contributed by atoms with Crippen molar-refractivity contribution in [2.75, 3.05) is 0 Å². The van der Waals surface area contributed by atoms with Gasteiger partial charge < -0.3 is 5.32 Å². The monoisotopic (exact) mass is 275 g/mol. The summed E-state index contributed by atoms with van der Waals surface area (Å²) >= 11 is 0. The van der Waals surface area contributed by atoms with Gasteiger partial charge in [-0.1, -0.05) is 17.3 Å². The van der Waals surface area contributed by atoms with E-state index in [1.165, 1.54) is 10.7 Å². The van der Waals surface area contributed by atoms with Crippen molar-refractivity contribution < 1.29 is 4.92 Å². The number of hydrogen-bond donors (Lipinski definition) is 1. The fourth-order valence-electron chi connectivity index (χ4n) is 1.67. The van der Waals surface area contributed by atoms with Crippen molar-refractivity contribution in [3.63, 3.8) is 0 Å². The van der Waals surface area contributed by atoms with E-state index in [0.717, 1.165) is 5.69 Å². The van der Waals surface area contributed by atoms with Gasteiger partial charge in [-0.05, 0) is 26.8 Å². The zero-order chi connectivity index (χ0) is 14.8. The van der Waals surface area contributed by atoms with Crippen LogP contribution in [0.15, 0.2) is 30.5 Å². The molecule has 0 fully saturated rings. The highest BCUT2D eigenvalue weighted by atomic mass is 16.6. The Bertz CT molecular complexity index is 615. The average Bonchev–Trinajstić information content (AvgIpc) is 2.84. The highest BCUT2D eigenvalue weighted by Gasteiger charge is 2.16. The number of nitro groups is 1. The second kappa shape index (κ2) is 5.38. The van der Waals surface area contributed by atoms with E-state index in [4.69, 9.17) is 0 Å². The molecule has 0 bridgehead atoms. The van der Waals surface area contributed by atoms with Crippen LogP contribution in [0.3, 0.4) is 0 Å². The van der Waals surface area contributed by atoms with Gasteiger partial charge in [0.1, 0.15) is 5.69 Å². The molecule has 1 aromatic carbocycles. The molecule has 0 aliphatic rings. The van der Waals surface area contributed by atoms with Crippen molar-refractivity contribution in [1.82, 2.24) is 20.3 Å². The Kier molecular flexibility index (Phi) is 3.80. The summed E-state index contributed by atoms with van der Waals surface area (Å²) in [5, 5.41) is 22.3. The Morgan fingerprint density at radius 2 is 2.05 bits per heavy atom. The molecule has 0 radical (unpaired) electrons. The minimum absolute atomic E-state index is 0.00716. The molecule has 1 heterocycles. The van der Waals surface area contributed by atoms with E-state index in [9.17, 15) is 10.1 Å². The average molecular weight is 275 g/mol. The fraction of sp³-hybridized carbons (Fsp3) is 0.385. The Labute approximate surface area is 116 Å². The van der Waals surface area contributed by atoms with Gasteiger partial charge in [0.25, 0.3) is 5.69 Å². The Morgan fingerprint density at radius 3 is 2.70 bits per heavy atom. The van der Waals surface area contributed by atoms with Crippen molar-refractivity contribution in [2.45, 2.75) is 32.9 Å². The summed E-state index contributed by atoms with van der Waals surface area (Å²) in [6.07, 6.45) is 1.70. The summed E-state index contributed by atoms with van der Waals surface area (Å²) < 4.78 is 1.43. The van der Waals surface area contributed by atoms with Crippen LogP contribution in [-0.2, 0) is 6.54 Å². The van der Waals surface area contributed by atoms with Crippen LogP contribution in [0, 0.1) is 10.1 Å². The number of rotatable bonds is 4. The van der Waals surface area contributed by atoms with E-state index < -0.39 is 4.92 Å². The van der Waals surface area contributed by atoms with Crippen LogP contribution in [0.25, 0.3) is 5.69 Å². The maximum absolute atomic E-state index is 11.0. The zero-order valence-corrected chi connectivity index (χ0v) is 11.7. The van der Waals surface area contributed by atoms with Crippen molar-refractivity contribution >= 4 is 5.69 Å². The van der Waals surface area contributed by atoms with Crippen LogP contribution in [0.1, 0.15) is 26.5 Å². The molecule has 0 atom stereocenters. The van der Waals surface area contributed by atoms with Gasteiger partial charge in [0, 0.05) is 18.2 Å². The number of para-hydroxylation sites is 2. The molecule has 2 rings (SSSR count). The summed E-state index contributed by atoms with van der Waals surface area (Å²) in [5.41, 5.74) is 1.13. The lowest BCUT2D eigenvalue weighted by molar-refractivity contribution is -0.384. The lowest BCUT2D eigenvalue weighted by Gasteiger charge is -2.19.